The molecule has 12 heavy (non-hydrogen) atoms. The summed E-state index contributed by atoms with van der Waals surface area (Å²) in [5.74, 6) is 0.629. The van der Waals surface area contributed by atoms with Crippen molar-refractivity contribution in [1.29, 1.82) is 0 Å². The van der Waals surface area contributed by atoms with E-state index in [-0.39, 0.29) is 6.04 Å². The van der Waals surface area contributed by atoms with Gasteiger partial charge in [-0.2, -0.15) is 0 Å². The van der Waals surface area contributed by atoms with E-state index in [1.807, 2.05) is 6.07 Å². The van der Waals surface area contributed by atoms with E-state index in [2.05, 4.69) is 4.98 Å². The fraction of sp³-hybridized carbons (Fsp3) is 0.375. The number of hydrogen-bond donors (Lipinski definition) is 1. The molecular weight excluding hydrogens is 176 g/mol. The first-order valence-corrected chi connectivity index (χ1v) is 4.17. The molecule has 0 bridgehead atoms. The van der Waals surface area contributed by atoms with Gasteiger partial charge in [0.25, 0.3) is 0 Å². The van der Waals surface area contributed by atoms with Crippen LogP contribution in [-0.4, -0.2) is 17.6 Å². The first kappa shape index (κ1) is 7.83. The van der Waals surface area contributed by atoms with Crippen molar-refractivity contribution in [2.75, 3.05) is 6.61 Å². The summed E-state index contributed by atoms with van der Waals surface area (Å²) < 4.78 is 5.30. The topological polar surface area (TPSA) is 48.1 Å². The minimum Gasteiger partial charge on any atom is -0.476 e. The van der Waals surface area contributed by atoms with Gasteiger partial charge in [-0.25, -0.2) is 4.98 Å². The molecule has 0 saturated carbocycles. The maximum atomic E-state index is 5.70. The number of halogens is 1. The predicted octanol–water partition coefficient (Wildman–Crippen LogP) is 0.997. The molecule has 1 atom stereocenters. The van der Waals surface area contributed by atoms with Gasteiger partial charge in [-0.15, -0.1) is 0 Å². The second kappa shape index (κ2) is 2.92. The van der Waals surface area contributed by atoms with Crippen LogP contribution in [0.4, 0.5) is 0 Å². The number of pyridine rings is 1. The number of aromatic nitrogens is 1. The average Bonchev–Trinajstić information content (AvgIpc) is 2.05. The maximum Gasteiger partial charge on any atom is 0.218 e. The van der Waals surface area contributed by atoms with Gasteiger partial charge >= 0.3 is 0 Å². The second-order valence-electron chi connectivity index (χ2n) is 2.87. The molecule has 0 spiro atoms. The highest BCUT2D eigenvalue weighted by molar-refractivity contribution is 6.29. The van der Waals surface area contributed by atoms with Crippen molar-refractivity contribution in [2.24, 2.45) is 5.73 Å². The third-order valence-electron chi connectivity index (χ3n) is 1.82. The zero-order valence-corrected chi connectivity index (χ0v) is 7.21. The summed E-state index contributed by atoms with van der Waals surface area (Å²) in [6.45, 7) is 0.528. The Labute approximate surface area is 75.5 Å². The molecule has 1 aliphatic rings. The van der Waals surface area contributed by atoms with E-state index < -0.39 is 0 Å². The molecule has 0 amide bonds. The standard InChI is InChI=1S/C8H9ClN2O/c9-7-2-1-5-3-6(10)4-12-8(5)11-7/h1-2,6H,3-4,10H2. The number of fused-ring (bicyclic) bond motifs is 1. The molecule has 2 heterocycles. The zero-order chi connectivity index (χ0) is 8.55. The number of ether oxygens (including phenoxy) is 1. The lowest BCUT2D eigenvalue weighted by Gasteiger charge is -2.20. The van der Waals surface area contributed by atoms with Gasteiger partial charge in [0.2, 0.25) is 5.88 Å². The Morgan fingerprint density at radius 2 is 2.42 bits per heavy atom. The summed E-state index contributed by atoms with van der Waals surface area (Å²) in [7, 11) is 0. The van der Waals surface area contributed by atoms with Gasteiger partial charge in [-0.1, -0.05) is 17.7 Å². The highest BCUT2D eigenvalue weighted by Crippen LogP contribution is 2.23. The van der Waals surface area contributed by atoms with E-state index in [4.69, 9.17) is 22.1 Å². The minimum atomic E-state index is 0.0838. The molecular formula is C8H9ClN2O. The van der Waals surface area contributed by atoms with Crippen LogP contribution in [-0.2, 0) is 6.42 Å². The highest BCUT2D eigenvalue weighted by Gasteiger charge is 2.17. The molecule has 1 aromatic rings. The minimum absolute atomic E-state index is 0.0838. The first-order valence-electron chi connectivity index (χ1n) is 3.79. The van der Waals surface area contributed by atoms with Crippen molar-refractivity contribution >= 4 is 11.6 Å². The monoisotopic (exact) mass is 184 g/mol. The molecule has 1 unspecified atom stereocenters. The Hall–Kier alpha value is -0.800. The molecule has 2 N–H and O–H groups in total. The summed E-state index contributed by atoms with van der Waals surface area (Å²) in [6, 6.07) is 3.74. The van der Waals surface area contributed by atoms with Gasteiger partial charge in [-0.3, -0.25) is 0 Å². The molecule has 0 fully saturated rings. The molecule has 0 aliphatic carbocycles. The van der Waals surface area contributed by atoms with E-state index in [0.717, 1.165) is 12.0 Å². The van der Waals surface area contributed by atoms with Gasteiger partial charge in [0.15, 0.2) is 0 Å². The lowest BCUT2D eigenvalue weighted by Crippen LogP contribution is -2.34. The largest absolute Gasteiger partial charge is 0.476 e. The molecule has 0 radical (unpaired) electrons. The maximum absolute atomic E-state index is 5.70. The number of nitrogens with zero attached hydrogens (tertiary/aromatic N) is 1. The summed E-state index contributed by atoms with van der Waals surface area (Å²) >= 11 is 5.69. The Kier molecular flexibility index (Phi) is 1.90. The van der Waals surface area contributed by atoms with Crippen molar-refractivity contribution in [1.82, 2.24) is 4.98 Å². The average molecular weight is 185 g/mol. The summed E-state index contributed by atoms with van der Waals surface area (Å²) in [5.41, 5.74) is 6.74. The number of hydrogen-bond acceptors (Lipinski definition) is 3. The Bertz CT molecular complexity index is 303. The summed E-state index contributed by atoms with van der Waals surface area (Å²) in [4.78, 5) is 4.04. The molecule has 4 heteroatoms. The summed E-state index contributed by atoms with van der Waals surface area (Å²) in [6.07, 6.45) is 0.819. The normalized spacial score (nSPS) is 21.3. The van der Waals surface area contributed by atoms with E-state index in [0.29, 0.717) is 17.6 Å². The SMILES string of the molecule is NC1COc2nc(Cl)ccc2C1. The Balaban J connectivity index is 2.37. The smallest absolute Gasteiger partial charge is 0.218 e. The molecule has 64 valence electrons. The number of rotatable bonds is 0. The quantitative estimate of drug-likeness (QED) is 0.612. The van der Waals surface area contributed by atoms with E-state index >= 15 is 0 Å². The predicted molar refractivity (Wildman–Crippen MR) is 46.4 cm³/mol. The first-order chi connectivity index (χ1) is 5.75. The zero-order valence-electron chi connectivity index (χ0n) is 6.46. The van der Waals surface area contributed by atoms with Gasteiger partial charge in [0, 0.05) is 11.6 Å². The fourth-order valence-electron chi connectivity index (χ4n) is 1.25. The third kappa shape index (κ3) is 1.38. The second-order valence-corrected chi connectivity index (χ2v) is 3.26. The molecule has 1 aromatic heterocycles. The van der Waals surface area contributed by atoms with Crippen LogP contribution >= 0.6 is 11.6 Å². The van der Waals surface area contributed by atoms with Crippen LogP contribution < -0.4 is 10.5 Å². The van der Waals surface area contributed by atoms with Crippen molar-refractivity contribution in [3.05, 3.63) is 22.8 Å². The molecule has 0 aromatic carbocycles. The van der Waals surface area contributed by atoms with Crippen molar-refractivity contribution in [3.8, 4) is 5.88 Å². The number of nitrogens with two attached hydrogens (primary N) is 1. The van der Waals surface area contributed by atoms with Gasteiger partial charge in [0.1, 0.15) is 11.8 Å². The Morgan fingerprint density at radius 1 is 1.58 bits per heavy atom. The van der Waals surface area contributed by atoms with Crippen molar-refractivity contribution in [2.45, 2.75) is 12.5 Å². The van der Waals surface area contributed by atoms with Crippen molar-refractivity contribution < 1.29 is 4.74 Å². The molecule has 1 aliphatic heterocycles. The van der Waals surface area contributed by atoms with Crippen LogP contribution in [0, 0.1) is 0 Å². The fourth-order valence-corrected chi connectivity index (χ4v) is 1.39. The van der Waals surface area contributed by atoms with E-state index in [9.17, 15) is 0 Å². The molecule has 2 rings (SSSR count). The van der Waals surface area contributed by atoms with Crippen LogP contribution in [0.25, 0.3) is 0 Å². The van der Waals surface area contributed by atoms with Gasteiger partial charge in [0.05, 0.1) is 0 Å². The highest BCUT2D eigenvalue weighted by atomic mass is 35.5. The van der Waals surface area contributed by atoms with Gasteiger partial charge in [-0.05, 0) is 12.5 Å². The summed E-state index contributed by atoms with van der Waals surface area (Å²) in [5, 5.41) is 0.462. The third-order valence-corrected chi connectivity index (χ3v) is 2.03. The molecule has 0 saturated heterocycles. The lowest BCUT2D eigenvalue weighted by atomic mass is 10.1. The Morgan fingerprint density at radius 3 is 3.25 bits per heavy atom. The molecule has 3 nitrogen and oxygen atoms in total. The van der Waals surface area contributed by atoms with Crippen molar-refractivity contribution in [3.63, 3.8) is 0 Å². The van der Waals surface area contributed by atoms with Crippen LogP contribution in [0.2, 0.25) is 5.15 Å². The van der Waals surface area contributed by atoms with E-state index in [1.165, 1.54) is 0 Å². The van der Waals surface area contributed by atoms with E-state index in [1.54, 1.807) is 6.07 Å². The van der Waals surface area contributed by atoms with Crippen LogP contribution in [0.5, 0.6) is 5.88 Å². The van der Waals surface area contributed by atoms with Crippen LogP contribution in [0.3, 0.4) is 0 Å². The van der Waals surface area contributed by atoms with Crippen LogP contribution in [0.1, 0.15) is 5.56 Å². The lowest BCUT2D eigenvalue weighted by molar-refractivity contribution is 0.253. The van der Waals surface area contributed by atoms with Crippen LogP contribution in [0.15, 0.2) is 12.1 Å². The van der Waals surface area contributed by atoms with Gasteiger partial charge < -0.3 is 10.5 Å².